The lowest BCUT2D eigenvalue weighted by Crippen LogP contribution is -2.13. The Balaban J connectivity index is 0.000000902. The van der Waals surface area contributed by atoms with Crippen molar-refractivity contribution in [2.45, 2.75) is 99.8 Å². The van der Waals surface area contributed by atoms with E-state index in [0.717, 1.165) is 41.6 Å². The number of nitrogens with zero attached hydrogens (tertiary/aromatic N) is 1. The predicted molar refractivity (Wildman–Crippen MR) is 178 cm³/mol. The van der Waals surface area contributed by atoms with Crippen LogP contribution in [0.1, 0.15) is 102 Å². The van der Waals surface area contributed by atoms with E-state index in [2.05, 4.69) is 17.2 Å². The third kappa shape index (κ3) is 13.4. The minimum atomic E-state index is -4.76. The summed E-state index contributed by atoms with van der Waals surface area (Å²) < 4.78 is 95.3. The number of aromatic nitrogens is 1. The van der Waals surface area contributed by atoms with Gasteiger partial charge in [-0.05, 0) is 99.6 Å². The smallest absolute Gasteiger partial charge is 0.416 e. The van der Waals surface area contributed by atoms with E-state index in [9.17, 15) is 35.5 Å². The number of benzene rings is 1. The molecule has 2 aromatic rings. The van der Waals surface area contributed by atoms with Crippen LogP contribution in [0.2, 0.25) is 0 Å². The monoisotopic (exact) mass is 671 g/mol. The van der Waals surface area contributed by atoms with E-state index in [0.29, 0.717) is 31.1 Å². The summed E-state index contributed by atoms with van der Waals surface area (Å²) in [5, 5.41) is 0. The fraction of sp³-hybridized carbons (Fsp3) is 0.432. The second-order valence-electron chi connectivity index (χ2n) is 9.64. The lowest BCUT2D eigenvalue weighted by Gasteiger charge is -2.15. The Hall–Kier alpha value is -3.82. The highest BCUT2D eigenvalue weighted by Crippen LogP contribution is 2.37. The average Bonchev–Trinajstić information content (AvgIpc) is 3.25. The van der Waals surface area contributed by atoms with Crippen molar-refractivity contribution in [3.8, 4) is 0 Å². The van der Waals surface area contributed by atoms with E-state index in [4.69, 9.17) is 4.74 Å². The largest absolute Gasteiger partial charge is 0.463 e. The maximum atomic E-state index is 14.0. The molecule has 0 amide bonds. The number of hydrogen-bond donors (Lipinski definition) is 0. The number of alkyl halides is 6. The minimum Gasteiger partial charge on any atom is -0.463 e. The molecule has 0 saturated heterocycles. The van der Waals surface area contributed by atoms with Gasteiger partial charge in [0.2, 0.25) is 0 Å². The van der Waals surface area contributed by atoms with Crippen molar-refractivity contribution in [2.24, 2.45) is 0 Å². The van der Waals surface area contributed by atoms with Gasteiger partial charge in [-0.2, -0.15) is 26.3 Å². The molecule has 10 heteroatoms. The minimum absolute atomic E-state index is 0.0347. The number of rotatable bonds is 8. The number of aryl methyl sites for hydroxylation is 2. The molecule has 1 aromatic carbocycles. The topological polar surface area (TPSA) is 31.2 Å². The molecular weight excluding hydrogens is 623 g/mol. The molecule has 0 radical (unpaired) electrons. The second-order valence-corrected chi connectivity index (χ2v) is 9.64. The summed E-state index contributed by atoms with van der Waals surface area (Å²) in [7, 11) is 0. The Labute approximate surface area is 275 Å². The molecule has 1 aliphatic rings. The zero-order chi connectivity index (χ0) is 36.4. The van der Waals surface area contributed by atoms with Crippen molar-refractivity contribution in [1.82, 2.24) is 4.57 Å². The van der Waals surface area contributed by atoms with E-state index >= 15 is 0 Å². The normalized spacial score (nSPS) is 13.7. The SMILES string of the molecule is C=C/C=C(F)\C=C(/CC)c1ccc(C)n1C1=CCCCC(C(=O)OCC)=C1.CC.CC.CCc1ccc(C(F)(F)F)cc1C(F)(F)F. The van der Waals surface area contributed by atoms with E-state index in [1.54, 1.807) is 6.08 Å². The van der Waals surface area contributed by atoms with Crippen LogP contribution in [0.4, 0.5) is 30.7 Å². The summed E-state index contributed by atoms with van der Waals surface area (Å²) >= 11 is 0. The molecule has 3 nitrogen and oxygen atoms in total. The van der Waals surface area contributed by atoms with Crippen LogP contribution in [0.5, 0.6) is 0 Å². The fourth-order valence-electron chi connectivity index (χ4n) is 4.53. The molecule has 1 aliphatic carbocycles. The highest BCUT2D eigenvalue weighted by molar-refractivity contribution is 5.91. The van der Waals surface area contributed by atoms with Gasteiger partial charge >= 0.3 is 18.3 Å². The summed E-state index contributed by atoms with van der Waals surface area (Å²) in [6.07, 6.45) is 2.04. The molecule has 0 aliphatic heterocycles. The molecule has 1 heterocycles. The standard InChI is InChI=1S/C23H28FNO2.C10H8F6.2C2H6/c1-5-10-20(24)15-18(6-2)22-14-13-17(4)25(22)21-12-9-8-11-19(16-21)23(26)27-7-3;1-2-6-3-4-7(9(11,12)13)5-8(6)10(14,15)16;2*1-2/h5,10,12-16H,1,6-9,11H2,2-4H3;3-5H,2H2,1H3;2*1-2H3/b18-15+,20-10+;;;. The Morgan fingerprint density at radius 2 is 1.62 bits per heavy atom. The van der Waals surface area contributed by atoms with Gasteiger partial charge in [0, 0.05) is 22.7 Å². The molecule has 0 N–H and O–H groups in total. The van der Waals surface area contributed by atoms with Crippen molar-refractivity contribution in [3.05, 3.63) is 107 Å². The number of ether oxygens (including phenoxy) is 1. The van der Waals surface area contributed by atoms with Gasteiger partial charge in [-0.1, -0.05) is 66.3 Å². The highest BCUT2D eigenvalue weighted by atomic mass is 19.4. The summed E-state index contributed by atoms with van der Waals surface area (Å²) in [4.78, 5) is 12.2. The van der Waals surface area contributed by atoms with E-state index < -0.39 is 23.5 Å². The molecule has 0 unspecified atom stereocenters. The lowest BCUT2D eigenvalue weighted by atomic mass is 10.0. The molecule has 47 heavy (non-hydrogen) atoms. The van der Waals surface area contributed by atoms with Gasteiger partial charge in [-0.25, -0.2) is 9.18 Å². The zero-order valence-electron chi connectivity index (χ0n) is 28.6. The first-order chi connectivity index (χ1) is 22.2. The average molecular weight is 672 g/mol. The molecule has 0 bridgehead atoms. The molecule has 262 valence electrons. The third-order valence-corrected chi connectivity index (χ3v) is 6.62. The van der Waals surface area contributed by atoms with Gasteiger partial charge in [-0.3, -0.25) is 0 Å². The van der Waals surface area contributed by atoms with Crippen LogP contribution in [-0.4, -0.2) is 17.1 Å². The van der Waals surface area contributed by atoms with Gasteiger partial charge in [0.15, 0.2) is 0 Å². The van der Waals surface area contributed by atoms with E-state index in [-0.39, 0.29) is 29.8 Å². The van der Waals surface area contributed by atoms with Crippen molar-refractivity contribution in [3.63, 3.8) is 0 Å². The number of halogens is 7. The van der Waals surface area contributed by atoms with E-state index in [1.165, 1.54) is 19.1 Å². The van der Waals surface area contributed by atoms with Crippen LogP contribution in [0.15, 0.2) is 78.7 Å². The van der Waals surface area contributed by atoms with Crippen molar-refractivity contribution < 1.29 is 40.3 Å². The summed E-state index contributed by atoms with van der Waals surface area (Å²) in [6, 6.07) is 5.69. The molecule has 0 saturated carbocycles. The maximum absolute atomic E-state index is 14.0. The molecule has 0 atom stereocenters. The Kier molecular flexibility index (Phi) is 19.4. The Bertz CT molecular complexity index is 1400. The Morgan fingerprint density at radius 3 is 2.13 bits per heavy atom. The predicted octanol–water partition coefficient (Wildman–Crippen LogP) is 12.5. The number of carbonyl (C=O) groups excluding carboxylic acids is 1. The van der Waals surface area contributed by atoms with Gasteiger partial charge in [-0.15, -0.1) is 0 Å². The summed E-state index contributed by atoms with van der Waals surface area (Å²) in [6.45, 7) is 19.2. The van der Waals surface area contributed by atoms with Crippen molar-refractivity contribution in [2.75, 3.05) is 6.61 Å². The van der Waals surface area contributed by atoms with Crippen molar-refractivity contribution >= 4 is 17.2 Å². The zero-order valence-corrected chi connectivity index (χ0v) is 28.6. The van der Waals surface area contributed by atoms with Crippen LogP contribution in [0.3, 0.4) is 0 Å². The number of hydrogen-bond acceptors (Lipinski definition) is 2. The molecule has 0 spiro atoms. The molecule has 1 aromatic heterocycles. The van der Waals surface area contributed by atoms with Crippen LogP contribution in [0, 0.1) is 6.92 Å². The quantitative estimate of drug-likeness (QED) is 0.159. The third-order valence-electron chi connectivity index (χ3n) is 6.62. The highest BCUT2D eigenvalue weighted by Gasteiger charge is 2.37. The molecule has 3 rings (SSSR count). The first-order valence-electron chi connectivity index (χ1n) is 15.9. The first-order valence-corrected chi connectivity index (χ1v) is 15.9. The number of esters is 1. The van der Waals surface area contributed by atoms with Crippen LogP contribution < -0.4 is 0 Å². The van der Waals surface area contributed by atoms with E-state index in [1.807, 2.05) is 66.7 Å². The van der Waals surface area contributed by atoms with Gasteiger partial charge in [0.1, 0.15) is 5.83 Å². The van der Waals surface area contributed by atoms with Gasteiger partial charge in [0.05, 0.1) is 17.7 Å². The van der Waals surface area contributed by atoms with Crippen LogP contribution in [-0.2, 0) is 28.3 Å². The van der Waals surface area contributed by atoms with Crippen LogP contribution >= 0.6 is 0 Å². The molecule has 0 fully saturated rings. The number of allylic oxidation sites excluding steroid dienone is 8. The van der Waals surface area contributed by atoms with Gasteiger partial charge in [0.25, 0.3) is 0 Å². The molecular formula is C37H48F7NO2. The van der Waals surface area contributed by atoms with Gasteiger partial charge < -0.3 is 9.30 Å². The summed E-state index contributed by atoms with van der Waals surface area (Å²) in [5.74, 6) is -0.590. The Morgan fingerprint density at radius 1 is 0.979 bits per heavy atom. The maximum Gasteiger partial charge on any atom is 0.416 e. The first kappa shape index (κ1) is 43.2. The lowest BCUT2D eigenvalue weighted by molar-refractivity contribution is -0.143. The summed E-state index contributed by atoms with van der Waals surface area (Å²) in [5.41, 5.74) is 1.82. The second kappa shape index (κ2) is 21.1. The number of carbonyl (C=O) groups is 1. The van der Waals surface area contributed by atoms with Crippen LogP contribution in [0.25, 0.3) is 11.3 Å². The fourth-order valence-corrected chi connectivity index (χ4v) is 4.53. The van der Waals surface area contributed by atoms with Crippen molar-refractivity contribution in [1.29, 1.82) is 0 Å².